The van der Waals surface area contributed by atoms with Crippen LogP contribution in [0.25, 0.3) is 6.08 Å². The third kappa shape index (κ3) is 3.83. The zero-order valence-electron chi connectivity index (χ0n) is 16.9. The van der Waals surface area contributed by atoms with E-state index in [0.29, 0.717) is 10.6 Å². The van der Waals surface area contributed by atoms with Crippen LogP contribution in [-0.4, -0.2) is 25.1 Å². The lowest BCUT2D eigenvalue weighted by Gasteiger charge is -2.11. The van der Waals surface area contributed by atoms with Crippen molar-refractivity contribution in [1.82, 2.24) is 0 Å². The monoisotopic (exact) mass is 422 g/mol. The Morgan fingerprint density at radius 2 is 2.13 bits per heavy atom. The first-order valence-corrected chi connectivity index (χ1v) is 10.8. The van der Waals surface area contributed by atoms with E-state index in [1.165, 1.54) is 18.4 Å². The van der Waals surface area contributed by atoms with Crippen LogP contribution in [0.1, 0.15) is 51.7 Å². The number of hydrogen-bond donors (Lipinski definition) is 1. The van der Waals surface area contributed by atoms with Gasteiger partial charge in [0.15, 0.2) is 0 Å². The Labute approximate surface area is 179 Å². The van der Waals surface area contributed by atoms with Gasteiger partial charge >= 0.3 is 5.97 Å². The fourth-order valence-electron chi connectivity index (χ4n) is 3.99. The van der Waals surface area contributed by atoms with Crippen LogP contribution < -0.4 is 10.1 Å². The number of ether oxygens (including phenoxy) is 2. The minimum absolute atomic E-state index is 0.0240. The molecule has 0 fully saturated rings. The van der Waals surface area contributed by atoms with Crippen molar-refractivity contribution in [2.24, 2.45) is 0 Å². The Kier molecular flexibility index (Phi) is 5.60. The van der Waals surface area contributed by atoms with Crippen LogP contribution in [0.2, 0.25) is 0 Å². The summed E-state index contributed by atoms with van der Waals surface area (Å²) in [5.41, 5.74) is 3.18. The van der Waals surface area contributed by atoms with E-state index in [1.807, 2.05) is 31.2 Å². The number of rotatable bonds is 4. The number of thiophene rings is 1. The number of benzene rings is 1. The second-order valence-corrected chi connectivity index (χ2v) is 8.64. The number of methoxy groups -OCH3 is 1. The quantitative estimate of drug-likeness (QED) is 0.451. The topological polar surface area (TPSA) is 88.4 Å². The molecule has 30 heavy (non-hydrogen) atoms. The predicted octanol–water partition coefficient (Wildman–Crippen LogP) is 4.28. The molecule has 1 unspecified atom stereocenters. The van der Waals surface area contributed by atoms with Crippen LogP contribution in [0.3, 0.4) is 0 Å². The minimum Gasteiger partial charge on any atom is -0.490 e. The van der Waals surface area contributed by atoms with Gasteiger partial charge in [-0.1, -0.05) is 6.07 Å². The summed E-state index contributed by atoms with van der Waals surface area (Å²) in [7, 11) is 1.33. The number of amides is 1. The molecule has 4 rings (SSSR count). The molecule has 154 valence electrons. The van der Waals surface area contributed by atoms with Gasteiger partial charge in [-0.2, -0.15) is 5.26 Å². The van der Waals surface area contributed by atoms with E-state index in [-0.39, 0.29) is 11.7 Å². The van der Waals surface area contributed by atoms with Gasteiger partial charge in [0.05, 0.1) is 12.7 Å². The molecule has 0 saturated carbocycles. The lowest BCUT2D eigenvalue weighted by molar-refractivity contribution is -0.112. The molecule has 1 aliphatic heterocycles. The summed E-state index contributed by atoms with van der Waals surface area (Å²) < 4.78 is 10.6. The third-order valence-electron chi connectivity index (χ3n) is 5.38. The maximum atomic E-state index is 12.8. The normalized spacial score (nSPS) is 17.4. The number of fused-ring (bicyclic) bond motifs is 2. The SMILES string of the molecule is COC(=O)c1c(NC(=O)/C(C#N)=C\c2ccc3c(c2)CC(C)O3)sc2c1CCCC2. The van der Waals surface area contributed by atoms with Gasteiger partial charge in [-0.25, -0.2) is 4.79 Å². The van der Waals surface area contributed by atoms with Crippen molar-refractivity contribution in [3.05, 3.63) is 50.9 Å². The minimum atomic E-state index is -0.536. The summed E-state index contributed by atoms with van der Waals surface area (Å²) in [6.45, 7) is 2.00. The molecule has 2 aromatic rings. The Morgan fingerprint density at radius 1 is 1.33 bits per heavy atom. The van der Waals surface area contributed by atoms with Crippen LogP contribution in [0.15, 0.2) is 23.8 Å². The van der Waals surface area contributed by atoms with Crippen molar-refractivity contribution in [1.29, 1.82) is 5.26 Å². The zero-order chi connectivity index (χ0) is 21.3. The van der Waals surface area contributed by atoms with Crippen molar-refractivity contribution < 1.29 is 19.1 Å². The van der Waals surface area contributed by atoms with Crippen LogP contribution in [0.5, 0.6) is 5.75 Å². The van der Waals surface area contributed by atoms with Gasteiger partial charge < -0.3 is 14.8 Å². The van der Waals surface area contributed by atoms with Gasteiger partial charge in [0, 0.05) is 11.3 Å². The van der Waals surface area contributed by atoms with E-state index in [0.717, 1.165) is 59.4 Å². The maximum Gasteiger partial charge on any atom is 0.341 e. The number of carbonyl (C=O) groups is 2. The van der Waals surface area contributed by atoms with E-state index in [4.69, 9.17) is 9.47 Å². The van der Waals surface area contributed by atoms with Crippen LogP contribution in [0.4, 0.5) is 5.00 Å². The van der Waals surface area contributed by atoms with Gasteiger partial charge in [0.2, 0.25) is 0 Å². The molecular formula is C23H22N2O4S. The van der Waals surface area contributed by atoms with E-state index in [2.05, 4.69) is 5.32 Å². The molecule has 2 heterocycles. The van der Waals surface area contributed by atoms with Gasteiger partial charge in [0.1, 0.15) is 28.5 Å². The van der Waals surface area contributed by atoms with E-state index in [1.54, 1.807) is 6.08 Å². The third-order valence-corrected chi connectivity index (χ3v) is 6.59. The summed E-state index contributed by atoms with van der Waals surface area (Å²) in [5, 5.41) is 12.8. The molecule has 1 aromatic carbocycles. The average Bonchev–Trinajstić information content (AvgIpc) is 3.29. The number of hydrogen-bond acceptors (Lipinski definition) is 6. The number of nitriles is 1. The molecule has 6 nitrogen and oxygen atoms in total. The Bertz CT molecular complexity index is 1090. The molecule has 2 aliphatic rings. The number of nitrogens with one attached hydrogen (secondary N) is 1. The molecule has 0 radical (unpaired) electrons. The van der Waals surface area contributed by atoms with E-state index in [9.17, 15) is 14.9 Å². The molecular weight excluding hydrogens is 400 g/mol. The Balaban J connectivity index is 1.61. The zero-order valence-corrected chi connectivity index (χ0v) is 17.7. The van der Waals surface area contributed by atoms with E-state index < -0.39 is 11.9 Å². The number of aryl methyl sites for hydroxylation is 1. The first-order valence-electron chi connectivity index (χ1n) is 9.95. The Morgan fingerprint density at radius 3 is 2.90 bits per heavy atom. The van der Waals surface area contributed by atoms with Crippen molar-refractivity contribution >= 4 is 34.3 Å². The van der Waals surface area contributed by atoms with Gasteiger partial charge in [-0.3, -0.25) is 4.79 Å². The highest BCUT2D eigenvalue weighted by Crippen LogP contribution is 2.38. The summed E-state index contributed by atoms with van der Waals surface area (Å²) in [6, 6.07) is 7.60. The van der Waals surface area contributed by atoms with E-state index >= 15 is 0 Å². The number of anilines is 1. The number of nitrogens with zero attached hydrogens (tertiary/aromatic N) is 1. The summed E-state index contributed by atoms with van der Waals surface area (Å²) in [5.74, 6) is -0.152. The fraction of sp³-hybridized carbons (Fsp3) is 0.348. The van der Waals surface area contributed by atoms with Crippen LogP contribution in [-0.2, 0) is 28.8 Å². The molecule has 1 atom stereocenters. The average molecular weight is 423 g/mol. The molecule has 1 amide bonds. The highest BCUT2D eigenvalue weighted by Gasteiger charge is 2.27. The number of carbonyl (C=O) groups excluding carboxylic acids is 2. The largest absolute Gasteiger partial charge is 0.490 e. The molecule has 0 bridgehead atoms. The summed E-state index contributed by atoms with van der Waals surface area (Å²) in [6.07, 6.45) is 6.23. The van der Waals surface area contributed by atoms with Gasteiger partial charge in [0.25, 0.3) is 5.91 Å². The molecule has 0 saturated heterocycles. The molecule has 1 aliphatic carbocycles. The smallest absolute Gasteiger partial charge is 0.341 e. The first-order chi connectivity index (χ1) is 14.5. The summed E-state index contributed by atoms with van der Waals surface area (Å²) in [4.78, 5) is 26.3. The fourth-order valence-corrected chi connectivity index (χ4v) is 5.26. The molecule has 1 aromatic heterocycles. The lowest BCUT2D eigenvalue weighted by Crippen LogP contribution is -2.16. The van der Waals surface area contributed by atoms with Crippen LogP contribution >= 0.6 is 11.3 Å². The lowest BCUT2D eigenvalue weighted by atomic mass is 9.95. The molecule has 7 heteroatoms. The molecule has 0 spiro atoms. The van der Waals surface area contributed by atoms with Crippen molar-refractivity contribution in [2.45, 2.75) is 45.1 Å². The second kappa shape index (κ2) is 8.33. The summed E-state index contributed by atoms with van der Waals surface area (Å²) >= 11 is 1.40. The second-order valence-electron chi connectivity index (χ2n) is 7.53. The highest BCUT2D eigenvalue weighted by molar-refractivity contribution is 7.17. The van der Waals surface area contributed by atoms with Crippen molar-refractivity contribution in [3.8, 4) is 11.8 Å². The van der Waals surface area contributed by atoms with Crippen molar-refractivity contribution in [3.63, 3.8) is 0 Å². The maximum absolute atomic E-state index is 12.8. The highest BCUT2D eigenvalue weighted by atomic mass is 32.1. The Hall–Kier alpha value is -3.11. The molecule has 1 N–H and O–H groups in total. The predicted molar refractivity (Wildman–Crippen MR) is 115 cm³/mol. The van der Waals surface area contributed by atoms with Gasteiger partial charge in [-0.05, 0) is 67.5 Å². The van der Waals surface area contributed by atoms with Gasteiger partial charge in [-0.15, -0.1) is 11.3 Å². The standard InChI is InChI=1S/C23H22N2O4S/c1-13-9-15-10-14(7-8-18(15)29-13)11-16(12-24)21(26)25-22-20(23(27)28-2)17-5-3-4-6-19(17)30-22/h7-8,10-11,13H,3-6,9H2,1-2H3,(H,25,26)/b16-11-. The van der Waals surface area contributed by atoms with Crippen LogP contribution in [0, 0.1) is 11.3 Å². The number of esters is 1. The first kappa shape index (κ1) is 20.2. The van der Waals surface area contributed by atoms with Crippen molar-refractivity contribution in [2.75, 3.05) is 12.4 Å².